The van der Waals surface area contributed by atoms with Gasteiger partial charge in [-0.25, -0.2) is 9.97 Å². The van der Waals surface area contributed by atoms with Crippen LogP contribution in [0, 0.1) is 26.0 Å². The summed E-state index contributed by atoms with van der Waals surface area (Å²) in [5.41, 5.74) is 3.89. The molecule has 0 amide bonds. The lowest BCUT2D eigenvalue weighted by molar-refractivity contribution is -0.387. The number of methoxy groups -OCH3 is 1. The Balaban J connectivity index is 0.000000172. The second-order valence-corrected chi connectivity index (χ2v) is 9.74. The van der Waals surface area contributed by atoms with Crippen LogP contribution in [-0.4, -0.2) is 26.9 Å². The van der Waals surface area contributed by atoms with Gasteiger partial charge in [-0.2, -0.15) is 4.39 Å². The highest BCUT2D eigenvalue weighted by Gasteiger charge is 2.19. The van der Waals surface area contributed by atoms with Gasteiger partial charge in [-0.05, 0) is 72.8 Å². The van der Waals surface area contributed by atoms with Gasteiger partial charge in [0.15, 0.2) is 11.2 Å². The zero-order chi connectivity index (χ0) is 32.2. The Morgan fingerprint density at radius 1 is 0.696 bits per heavy atom. The number of anilines is 2. The van der Waals surface area contributed by atoms with Gasteiger partial charge in [0.25, 0.3) is 5.69 Å². The lowest BCUT2D eigenvalue weighted by atomic mass is 10.1. The van der Waals surface area contributed by atoms with Crippen molar-refractivity contribution in [3.8, 4) is 28.7 Å². The average molecular weight is 620 g/mol. The quantitative estimate of drug-likeness (QED) is 0.135. The van der Waals surface area contributed by atoms with Crippen LogP contribution in [0.5, 0.6) is 5.75 Å². The maximum absolute atomic E-state index is 13.2. The van der Waals surface area contributed by atoms with Crippen LogP contribution in [0.3, 0.4) is 0 Å². The van der Waals surface area contributed by atoms with Crippen molar-refractivity contribution in [2.24, 2.45) is 0 Å². The molecule has 0 spiro atoms. The minimum Gasteiger partial charge on any atom is -0.497 e. The van der Waals surface area contributed by atoms with Gasteiger partial charge in [0.1, 0.15) is 22.5 Å². The molecule has 13 heteroatoms. The van der Waals surface area contributed by atoms with E-state index in [2.05, 4.69) is 15.3 Å². The first-order valence-corrected chi connectivity index (χ1v) is 13.6. The number of nitrogens with one attached hydrogen (secondary N) is 1. The molecule has 2 heterocycles. The summed E-state index contributed by atoms with van der Waals surface area (Å²) in [5.74, 6) is 0.394. The first-order valence-electron chi connectivity index (χ1n) is 13.6. The van der Waals surface area contributed by atoms with E-state index < -0.39 is 21.4 Å². The predicted octanol–water partition coefficient (Wildman–Crippen LogP) is 8.70. The Labute approximate surface area is 259 Å². The van der Waals surface area contributed by atoms with Crippen molar-refractivity contribution in [3.05, 3.63) is 135 Å². The predicted molar refractivity (Wildman–Crippen MR) is 168 cm³/mol. The molecule has 0 unspecified atom stereocenters. The average Bonchev–Trinajstić information content (AvgIpc) is 3.70. The number of fused-ring (bicyclic) bond motifs is 2. The van der Waals surface area contributed by atoms with Crippen molar-refractivity contribution in [1.29, 1.82) is 0 Å². The van der Waals surface area contributed by atoms with Crippen LogP contribution in [0.15, 0.2) is 118 Å². The molecule has 0 aliphatic heterocycles. The molecule has 0 saturated heterocycles. The third-order valence-electron chi connectivity index (χ3n) is 6.79. The molecule has 0 radical (unpaired) electrons. The van der Waals surface area contributed by atoms with Gasteiger partial charge in [-0.3, -0.25) is 20.2 Å². The highest BCUT2D eigenvalue weighted by atomic mass is 19.1. The Hall–Kier alpha value is -6.63. The molecule has 5 aromatic carbocycles. The van der Waals surface area contributed by atoms with E-state index in [0.29, 0.717) is 56.3 Å². The van der Waals surface area contributed by atoms with E-state index >= 15 is 0 Å². The standard InChI is InChI=1S/C20H15N3O4.C13H7FN2O3/c1-26-15-9-7-14(8-10-15)21-16-11-6-13(12-18(16)23(24)25)20-22-17-4-2-3-5-19(17)27-20;14-9-6-5-8(7-11(9)16(17)18)13-15-10-3-1-2-4-12(10)19-13/h2-12,21H,1H3;1-7H. The van der Waals surface area contributed by atoms with Crippen molar-refractivity contribution in [2.75, 3.05) is 12.4 Å². The number of ether oxygens (including phenoxy) is 1. The summed E-state index contributed by atoms with van der Waals surface area (Å²) in [6.07, 6.45) is 0. The van der Waals surface area contributed by atoms with Crippen LogP contribution in [0.4, 0.5) is 27.1 Å². The summed E-state index contributed by atoms with van der Waals surface area (Å²) in [6.45, 7) is 0. The fourth-order valence-electron chi connectivity index (χ4n) is 4.53. The third-order valence-corrected chi connectivity index (χ3v) is 6.79. The number of benzene rings is 5. The molecule has 0 atom stereocenters. The van der Waals surface area contributed by atoms with Crippen LogP contribution >= 0.6 is 0 Å². The largest absolute Gasteiger partial charge is 0.497 e. The van der Waals surface area contributed by atoms with Crippen molar-refractivity contribution in [3.63, 3.8) is 0 Å². The summed E-state index contributed by atoms with van der Waals surface area (Å²) in [7, 11) is 1.58. The highest BCUT2D eigenvalue weighted by molar-refractivity contribution is 5.79. The van der Waals surface area contributed by atoms with E-state index in [9.17, 15) is 24.6 Å². The highest BCUT2D eigenvalue weighted by Crippen LogP contribution is 2.34. The van der Waals surface area contributed by atoms with E-state index in [1.165, 1.54) is 12.1 Å². The summed E-state index contributed by atoms with van der Waals surface area (Å²) < 4.78 is 29.5. The number of rotatable bonds is 7. The monoisotopic (exact) mass is 619 g/mol. The number of nitrogens with zero attached hydrogens (tertiary/aromatic N) is 4. The molecule has 1 N–H and O–H groups in total. The number of hydrogen-bond donors (Lipinski definition) is 1. The smallest absolute Gasteiger partial charge is 0.305 e. The van der Waals surface area contributed by atoms with E-state index in [0.717, 1.165) is 12.1 Å². The van der Waals surface area contributed by atoms with E-state index in [4.69, 9.17) is 13.6 Å². The number of halogens is 1. The zero-order valence-electron chi connectivity index (χ0n) is 23.9. The second-order valence-electron chi connectivity index (χ2n) is 9.74. The van der Waals surface area contributed by atoms with Crippen LogP contribution in [0.25, 0.3) is 45.1 Å². The third kappa shape index (κ3) is 6.19. The number of nitro benzene ring substituents is 2. The summed E-state index contributed by atoms with van der Waals surface area (Å²) in [4.78, 5) is 29.6. The minimum absolute atomic E-state index is 0.0643. The number of aromatic nitrogens is 2. The maximum Gasteiger partial charge on any atom is 0.305 e. The molecule has 7 aromatic rings. The van der Waals surface area contributed by atoms with E-state index in [1.807, 2.05) is 24.3 Å². The number of nitro groups is 2. The van der Waals surface area contributed by atoms with Gasteiger partial charge in [0.2, 0.25) is 17.6 Å². The number of oxazole rings is 2. The summed E-state index contributed by atoms with van der Waals surface area (Å²) in [6, 6.07) is 30.0. The lowest BCUT2D eigenvalue weighted by Gasteiger charge is -2.08. The van der Waals surface area contributed by atoms with Gasteiger partial charge < -0.3 is 18.9 Å². The normalized spacial score (nSPS) is 10.7. The Kier molecular flexibility index (Phi) is 8.03. The fourth-order valence-corrected chi connectivity index (χ4v) is 4.53. The molecular formula is C33H22FN5O7. The number of hydrogen-bond acceptors (Lipinski definition) is 10. The molecular weight excluding hydrogens is 597 g/mol. The molecule has 46 heavy (non-hydrogen) atoms. The van der Waals surface area contributed by atoms with Crippen LogP contribution in [0.1, 0.15) is 0 Å². The molecule has 12 nitrogen and oxygen atoms in total. The van der Waals surface area contributed by atoms with Crippen LogP contribution in [-0.2, 0) is 0 Å². The van der Waals surface area contributed by atoms with Crippen molar-refractivity contribution in [1.82, 2.24) is 9.97 Å². The first-order chi connectivity index (χ1) is 22.3. The zero-order valence-corrected chi connectivity index (χ0v) is 23.9. The van der Waals surface area contributed by atoms with Crippen molar-refractivity contribution >= 4 is 44.9 Å². The SMILES string of the molecule is COc1ccc(Nc2ccc(-c3nc4ccccc4o3)cc2[N+](=O)[O-])cc1.O=[N+]([O-])c1cc(-c2nc3ccccc3o2)ccc1F. The van der Waals surface area contributed by atoms with Gasteiger partial charge in [0, 0.05) is 28.9 Å². The molecule has 0 aliphatic carbocycles. The molecule has 0 aliphatic rings. The minimum atomic E-state index is -0.884. The summed E-state index contributed by atoms with van der Waals surface area (Å²) >= 11 is 0. The molecule has 0 bridgehead atoms. The first kappa shape index (κ1) is 29.4. The topological polar surface area (TPSA) is 160 Å². The summed E-state index contributed by atoms with van der Waals surface area (Å²) in [5, 5.41) is 25.3. The van der Waals surface area contributed by atoms with Crippen LogP contribution < -0.4 is 10.1 Å². The van der Waals surface area contributed by atoms with Gasteiger partial charge in [-0.15, -0.1) is 0 Å². The Morgan fingerprint density at radius 2 is 1.22 bits per heavy atom. The Bertz CT molecular complexity index is 2150. The molecule has 228 valence electrons. The second kappa shape index (κ2) is 12.5. The molecule has 2 aromatic heterocycles. The fraction of sp³-hybridized carbons (Fsp3) is 0.0303. The van der Waals surface area contributed by atoms with Gasteiger partial charge in [0.05, 0.1) is 17.0 Å². The molecule has 7 rings (SSSR count). The number of para-hydroxylation sites is 4. The Morgan fingerprint density at radius 3 is 1.74 bits per heavy atom. The van der Waals surface area contributed by atoms with Gasteiger partial charge in [-0.1, -0.05) is 24.3 Å². The van der Waals surface area contributed by atoms with Crippen LogP contribution in [0.2, 0.25) is 0 Å². The van der Waals surface area contributed by atoms with E-state index in [-0.39, 0.29) is 11.6 Å². The maximum atomic E-state index is 13.2. The van der Waals surface area contributed by atoms with Crippen molar-refractivity contribution < 1.29 is 27.8 Å². The van der Waals surface area contributed by atoms with E-state index in [1.54, 1.807) is 67.8 Å². The van der Waals surface area contributed by atoms with Gasteiger partial charge >= 0.3 is 5.69 Å². The molecule has 0 fully saturated rings. The lowest BCUT2D eigenvalue weighted by Crippen LogP contribution is -1.97. The van der Waals surface area contributed by atoms with Crippen molar-refractivity contribution in [2.45, 2.75) is 0 Å². The molecule has 0 saturated carbocycles.